The Morgan fingerprint density at radius 2 is 1.95 bits per heavy atom. The Hall–Kier alpha value is -3.18. The number of hydrogen-bond donors (Lipinski definition) is 2. The largest absolute Gasteiger partial charge is 0.493 e. The van der Waals surface area contributed by atoms with Crippen LogP contribution in [0.4, 0.5) is 5.95 Å². The fourth-order valence-corrected chi connectivity index (χ4v) is 5.72. The van der Waals surface area contributed by atoms with Crippen molar-refractivity contribution in [1.29, 1.82) is 0 Å². The molecule has 10 nitrogen and oxygen atoms in total. The predicted octanol–water partition coefficient (Wildman–Crippen LogP) is 2.41. The van der Waals surface area contributed by atoms with Gasteiger partial charge in [-0.15, -0.1) is 0 Å². The molecule has 37 heavy (non-hydrogen) atoms. The molecule has 1 saturated heterocycles. The quantitative estimate of drug-likeness (QED) is 0.406. The van der Waals surface area contributed by atoms with Crippen LogP contribution in [0.15, 0.2) is 42.7 Å². The molecule has 3 heterocycles. The van der Waals surface area contributed by atoms with Crippen molar-refractivity contribution >= 4 is 32.6 Å². The number of carbonyl (C=O) groups is 1. The fourth-order valence-electron chi connectivity index (χ4n) is 5.08. The van der Waals surface area contributed by atoms with Crippen LogP contribution in [-0.4, -0.2) is 82.7 Å². The molecule has 0 atom stereocenters. The topological polar surface area (TPSA) is 127 Å². The van der Waals surface area contributed by atoms with E-state index < -0.39 is 9.84 Å². The third kappa shape index (κ3) is 6.04. The number of amides is 1. The molecule has 0 bridgehead atoms. The summed E-state index contributed by atoms with van der Waals surface area (Å²) in [5, 5.41) is 13.8. The number of nitrogens with zero attached hydrogens (tertiary/aromatic N) is 4. The number of benzene rings is 1. The van der Waals surface area contributed by atoms with E-state index in [-0.39, 0.29) is 29.7 Å². The van der Waals surface area contributed by atoms with Crippen LogP contribution in [0.2, 0.25) is 0 Å². The maximum atomic E-state index is 12.5. The molecule has 1 aromatic carbocycles. The second kappa shape index (κ2) is 10.7. The molecule has 5 rings (SSSR count). The summed E-state index contributed by atoms with van der Waals surface area (Å²) in [4.78, 5) is 23.4. The van der Waals surface area contributed by atoms with Gasteiger partial charge in [0.2, 0.25) is 11.9 Å². The average Bonchev–Trinajstić information content (AvgIpc) is 3.29. The number of aliphatic hydroxyl groups excluding tert-OH is 1. The van der Waals surface area contributed by atoms with Crippen molar-refractivity contribution in [3.05, 3.63) is 42.7 Å². The number of likely N-dealkylation sites (tertiary alicyclic amines) is 1. The summed E-state index contributed by atoms with van der Waals surface area (Å²) in [6, 6.07) is 9.79. The zero-order valence-electron chi connectivity index (χ0n) is 20.9. The van der Waals surface area contributed by atoms with Gasteiger partial charge in [-0.1, -0.05) is 6.07 Å². The highest BCUT2D eigenvalue weighted by Crippen LogP contribution is 2.30. The van der Waals surface area contributed by atoms with E-state index in [9.17, 15) is 18.3 Å². The van der Waals surface area contributed by atoms with E-state index in [1.165, 1.54) is 6.26 Å². The highest BCUT2D eigenvalue weighted by Gasteiger charge is 2.35. The van der Waals surface area contributed by atoms with Gasteiger partial charge in [0.1, 0.15) is 21.4 Å². The molecule has 2 aromatic heterocycles. The molecule has 198 valence electrons. The summed E-state index contributed by atoms with van der Waals surface area (Å²) in [5.41, 5.74) is 0.931. The molecule has 0 radical (unpaired) electrons. The van der Waals surface area contributed by atoms with E-state index in [2.05, 4.69) is 10.3 Å². The maximum absolute atomic E-state index is 12.5. The third-order valence-electron chi connectivity index (χ3n) is 7.08. The molecular formula is C26H33N5O5S. The average molecular weight is 528 g/mol. The van der Waals surface area contributed by atoms with Gasteiger partial charge in [-0.25, -0.2) is 13.4 Å². The van der Waals surface area contributed by atoms with Crippen molar-refractivity contribution in [2.75, 3.05) is 37.0 Å². The first kappa shape index (κ1) is 25.5. The highest BCUT2D eigenvalue weighted by atomic mass is 32.2. The molecule has 11 heteroatoms. The molecule has 1 saturated carbocycles. The number of carbonyl (C=O) groups excluding carboxylic acids is 1. The van der Waals surface area contributed by atoms with Gasteiger partial charge in [0.25, 0.3) is 0 Å². The summed E-state index contributed by atoms with van der Waals surface area (Å²) in [7, 11) is -3.01. The lowest BCUT2D eigenvalue weighted by Gasteiger charge is -2.39. The van der Waals surface area contributed by atoms with Crippen LogP contribution in [-0.2, 0) is 14.6 Å². The standard InChI is InChI=1S/C26H33N5O5S/c1-37(34,35)15-3-14-36-23-5-2-4-22-21(23)11-13-31(22)24-10-12-27-26(29-24)28-19-8-6-18(7-9-19)25(33)30-16-20(32)17-30/h2,4-5,10-13,18-20,32H,3,6-9,14-17H2,1H3,(H,27,28,29)/t18-,19-. The Kier molecular flexibility index (Phi) is 7.34. The van der Waals surface area contributed by atoms with Crippen LogP contribution >= 0.6 is 0 Å². The van der Waals surface area contributed by atoms with Gasteiger partial charge >= 0.3 is 0 Å². The van der Waals surface area contributed by atoms with Gasteiger partial charge in [-0.2, -0.15) is 4.98 Å². The van der Waals surface area contributed by atoms with Crippen LogP contribution in [0.25, 0.3) is 16.7 Å². The number of nitrogens with one attached hydrogen (secondary N) is 1. The van der Waals surface area contributed by atoms with Crippen LogP contribution in [0, 0.1) is 5.92 Å². The SMILES string of the molecule is CS(=O)(=O)CCCOc1cccc2c1ccn2-c1ccnc(N[C@H]2CC[C@H](C(=O)N3CC(O)C3)CC2)n1. The lowest BCUT2D eigenvalue weighted by molar-refractivity contribution is -0.146. The van der Waals surface area contributed by atoms with Gasteiger partial charge in [0, 0.05) is 49.1 Å². The molecule has 0 spiro atoms. The van der Waals surface area contributed by atoms with Gasteiger partial charge in [-0.05, 0) is 56.4 Å². The number of aliphatic hydroxyl groups is 1. The van der Waals surface area contributed by atoms with Crippen LogP contribution < -0.4 is 10.1 Å². The molecule has 1 aliphatic carbocycles. The predicted molar refractivity (Wildman–Crippen MR) is 141 cm³/mol. The van der Waals surface area contributed by atoms with E-state index in [0.29, 0.717) is 37.8 Å². The summed E-state index contributed by atoms with van der Waals surface area (Å²) in [6.45, 7) is 1.25. The summed E-state index contributed by atoms with van der Waals surface area (Å²) in [5.74, 6) is 2.28. The number of fused-ring (bicyclic) bond motifs is 1. The van der Waals surface area contributed by atoms with Crippen molar-refractivity contribution in [3.63, 3.8) is 0 Å². The van der Waals surface area contributed by atoms with Crippen LogP contribution in [0.3, 0.4) is 0 Å². The van der Waals surface area contributed by atoms with Gasteiger partial charge in [0.05, 0.1) is 24.0 Å². The molecular weight excluding hydrogens is 494 g/mol. The lowest BCUT2D eigenvalue weighted by Crippen LogP contribution is -2.55. The normalized spacial score (nSPS) is 20.5. The first-order chi connectivity index (χ1) is 17.8. The number of ether oxygens (including phenoxy) is 1. The van der Waals surface area contributed by atoms with Crippen LogP contribution in [0.5, 0.6) is 5.75 Å². The van der Waals surface area contributed by atoms with Crippen molar-refractivity contribution < 1.29 is 23.1 Å². The monoisotopic (exact) mass is 527 g/mol. The van der Waals surface area contributed by atoms with E-state index in [0.717, 1.165) is 42.4 Å². The van der Waals surface area contributed by atoms with E-state index >= 15 is 0 Å². The number of β-amino-alcohol motifs (C(OH)–C–C–N with tert-alkyl or cyclic N) is 1. The Balaban J connectivity index is 1.21. The molecule has 0 unspecified atom stereocenters. The summed E-state index contributed by atoms with van der Waals surface area (Å²) >= 11 is 0. The number of sulfone groups is 1. The Bertz CT molecular complexity index is 1360. The molecule has 2 aliphatic rings. The van der Waals surface area contributed by atoms with E-state index in [1.807, 2.05) is 41.1 Å². The zero-order valence-corrected chi connectivity index (χ0v) is 21.7. The minimum absolute atomic E-state index is 0.0341. The van der Waals surface area contributed by atoms with Crippen LogP contribution in [0.1, 0.15) is 32.1 Å². The summed E-state index contributed by atoms with van der Waals surface area (Å²) < 4.78 is 30.6. The van der Waals surface area contributed by atoms with Crippen molar-refractivity contribution in [2.45, 2.75) is 44.2 Å². The molecule has 2 fully saturated rings. The second-order valence-corrected chi connectivity index (χ2v) is 12.3. The molecule has 2 N–H and O–H groups in total. The Morgan fingerprint density at radius 1 is 1.16 bits per heavy atom. The van der Waals surface area contributed by atoms with Gasteiger partial charge < -0.3 is 24.6 Å². The van der Waals surface area contributed by atoms with Gasteiger partial charge in [-0.3, -0.25) is 4.79 Å². The Morgan fingerprint density at radius 3 is 2.68 bits per heavy atom. The third-order valence-corrected chi connectivity index (χ3v) is 8.11. The second-order valence-electron chi connectivity index (χ2n) is 10.0. The molecule has 1 amide bonds. The van der Waals surface area contributed by atoms with Gasteiger partial charge in [0.15, 0.2) is 0 Å². The smallest absolute Gasteiger partial charge is 0.225 e. The molecule has 1 aliphatic heterocycles. The number of hydrogen-bond acceptors (Lipinski definition) is 8. The maximum Gasteiger partial charge on any atom is 0.225 e. The molecule has 3 aromatic rings. The summed E-state index contributed by atoms with van der Waals surface area (Å²) in [6.07, 6.45) is 8.33. The minimum atomic E-state index is -3.01. The Labute approximate surface area is 216 Å². The lowest BCUT2D eigenvalue weighted by atomic mass is 9.84. The van der Waals surface area contributed by atoms with Crippen molar-refractivity contribution in [3.8, 4) is 11.6 Å². The highest BCUT2D eigenvalue weighted by molar-refractivity contribution is 7.90. The van der Waals surface area contributed by atoms with E-state index in [1.54, 1.807) is 11.1 Å². The number of anilines is 1. The first-order valence-electron chi connectivity index (χ1n) is 12.7. The zero-order chi connectivity index (χ0) is 26.0. The van der Waals surface area contributed by atoms with E-state index in [4.69, 9.17) is 9.72 Å². The van der Waals surface area contributed by atoms with Crippen molar-refractivity contribution in [2.24, 2.45) is 5.92 Å². The fraction of sp³-hybridized carbons (Fsp3) is 0.500. The number of aromatic nitrogens is 3. The van der Waals surface area contributed by atoms with Crippen molar-refractivity contribution in [1.82, 2.24) is 19.4 Å². The minimum Gasteiger partial charge on any atom is -0.493 e. The first-order valence-corrected chi connectivity index (χ1v) is 14.8. The number of rotatable bonds is 9.